The van der Waals surface area contributed by atoms with Crippen molar-refractivity contribution in [1.29, 1.82) is 0 Å². The molecule has 1 unspecified atom stereocenters. The van der Waals surface area contributed by atoms with Gasteiger partial charge in [0.05, 0.1) is 86.4 Å². The van der Waals surface area contributed by atoms with E-state index in [4.69, 9.17) is 78.8 Å². The number of alkyl carbamates (subject to hydrolysis) is 3. The average Bonchev–Trinajstić information content (AvgIpc) is 3.40. The predicted molar refractivity (Wildman–Crippen MR) is 299 cm³/mol. The minimum Gasteiger partial charge on any atom is -0.467 e. The molecule has 462 valence electrons. The zero-order valence-corrected chi connectivity index (χ0v) is 48.9. The van der Waals surface area contributed by atoms with Crippen molar-refractivity contribution < 1.29 is 85.6 Å². The highest BCUT2D eigenvalue weighted by Gasteiger charge is 2.23. The van der Waals surface area contributed by atoms with Crippen molar-refractivity contribution in [2.45, 2.75) is 117 Å². The van der Waals surface area contributed by atoms with Crippen LogP contribution in [0.4, 0.5) is 14.4 Å². The van der Waals surface area contributed by atoms with Gasteiger partial charge < -0.3 is 100 Å². The van der Waals surface area contributed by atoms with E-state index in [1.807, 2.05) is 71.9 Å². The molecular formula is C54H103N7O18. The minimum absolute atomic E-state index is 0.0236. The SMILES string of the molecule is CC(C)(C)OC(=O)NCCCOCCOCCOCCCN.COC(=O)C(CCC(=O)NCCCOCCOCCOCCCNC(=O)OC(C)(C)C)NC(=O)OCc1ccccc1.NCCCOCCOCCOCCCN. The van der Waals surface area contributed by atoms with Crippen molar-refractivity contribution in [3.05, 3.63) is 35.9 Å². The lowest BCUT2D eigenvalue weighted by atomic mass is 10.1. The van der Waals surface area contributed by atoms with E-state index in [-0.39, 0.29) is 25.4 Å². The summed E-state index contributed by atoms with van der Waals surface area (Å²) >= 11 is 0. The first-order valence-electron chi connectivity index (χ1n) is 27.5. The summed E-state index contributed by atoms with van der Waals surface area (Å²) in [5.74, 6) is -0.915. The molecule has 10 N–H and O–H groups in total. The lowest BCUT2D eigenvalue weighted by Crippen LogP contribution is -2.42. The smallest absolute Gasteiger partial charge is 0.408 e. The molecule has 0 radical (unpaired) electrons. The van der Waals surface area contributed by atoms with Crippen LogP contribution in [0, 0.1) is 0 Å². The highest BCUT2D eigenvalue weighted by atomic mass is 16.6. The number of nitrogens with one attached hydrogen (secondary N) is 4. The molecule has 0 saturated heterocycles. The van der Waals surface area contributed by atoms with E-state index in [1.54, 1.807) is 0 Å². The number of carbonyl (C=O) groups excluding carboxylic acids is 5. The summed E-state index contributed by atoms with van der Waals surface area (Å²) < 4.78 is 68.3. The molecule has 0 aliphatic rings. The van der Waals surface area contributed by atoms with E-state index in [2.05, 4.69) is 21.3 Å². The topological polar surface area (TPSA) is 332 Å². The highest BCUT2D eigenvalue weighted by Crippen LogP contribution is 2.08. The fourth-order valence-corrected chi connectivity index (χ4v) is 5.60. The highest BCUT2D eigenvalue weighted by molar-refractivity contribution is 5.82. The Morgan fingerprint density at radius 2 is 0.785 bits per heavy atom. The van der Waals surface area contributed by atoms with Gasteiger partial charge in [-0.2, -0.15) is 0 Å². The first-order valence-corrected chi connectivity index (χ1v) is 27.5. The number of rotatable bonds is 46. The van der Waals surface area contributed by atoms with Gasteiger partial charge in [-0.1, -0.05) is 30.3 Å². The Morgan fingerprint density at radius 1 is 0.456 bits per heavy atom. The number of ether oxygens (including phenoxy) is 13. The fourth-order valence-electron chi connectivity index (χ4n) is 5.60. The molecule has 0 heterocycles. The summed E-state index contributed by atoms with van der Waals surface area (Å²) in [5, 5.41) is 10.6. The number of nitrogens with two attached hydrogens (primary N) is 3. The van der Waals surface area contributed by atoms with Crippen LogP contribution in [-0.4, -0.2) is 213 Å². The molecule has 25 heteroatoms. The monoisotopic (exact) mass is 1140 g/mol. The molecule has 25 nitrogen and oxygen atoms in total. The predicted octanol–water partition coefficient (Wildman–Crippen LogP) is 3.74. The molecule has 0 aliphatic heterocycles. The fraction of sp³-hybridized carbons (Fsp3) is 0.796. The molecule has 79 heavy (non-hydrogen) atoms. The van der Waals surface area contributed by atoms with Gasteiger partial charge in [-0.05, 0) is 112 Å². The van der Waals surface area contributed by atoms with E-state index >= 15 is 0 Å². The van der Waals surface area contributed by atoms with Crippen LogP contribution in [0.5, 0.6) is 0 Å². The number of amides is 4. The van der Waals surface area contributed by atoms with Gasteiger partial charge >= 0.3 is 24.2 Å². The molecule has 0 saturated carbocycles. The van der Waals surface area contributed by atoms with Crippen molar-refractivity contribution >= 4 is 30.2 Å². The third-order valence-corrected chi connectivity index (χ3v) is 9.42. The van der Waals surface area contributed by atoms with Crippen LogP contribution in [0.15, 0.2) is 30.3 Å². The molecule has 1 atom stereocenters. The zero-order chi connectivity index (χ0) is 58.9. The molecule has 0 spiro atoms. The zero-order valence-electron chi connectivity index (χ0n) is 48.9. The quantitative estimate of drug-likeness (QED) is 0.0278. The van der Waals surface area contributed by atoms with Gasteiger partial charge in [-0.3, -0.25) is 4.79 Å². The summed E-state index contributed by atoms with van der Waals surface area (Å²) in [6, 6.07) is 8.13. The standard InChI is InChI=1S/C29H47N3O10.C15H32N2O5.C10H24N2O3/c1-29(2,3)42-27(35)31-15-9-17-39-19-21-40-20-18-38-16-8-14-30-25(33)13-12-24(26(34)37-4)32-28(36)41-22-23-10-6-5-7-11-23;1-15(2,3)22-14(18)17-7-5-9-20-11-13-21-12-10-19-8-4-6-16;11-3-1-5-13-7-9-15-10-8-14-6-2-4-12/h5-7,10-11,24H,8-9,12-22H2,1-4H3,(H,30,33)(H,31,35)(H,32,36);4-13,16H2,1-3H3,(H,17,18);1-12H2. The van der Waals surface area contributed by atoms with Gasteiger partial charge in [0, 0.05) is 65.7 Å². The van der Waals surface area contributed by atoms with Crippen LogP contribution < -0.4 is 38.5 Å². The van der Waals surface area contributed by atoms with Gasteiger partial charge in [0.25, 0.3) is 0 Å². The number of benzene rings is 1. The second-order valence-corrected chi connectivity index (χ2v) is 19.0. The lowest BCUT2D eigenvalue weighted by molar-refractivity contribution is -0.143. The van der Waals surface area contributed by atoms with Crippen molar-refractivity contribution in [2.75, 3.05) is 165 Å². The first-order chi connectivity index (χ1) is 38.0. The molecule has 0 aromatic heterocycles. The normalized spacial score (nSPS) is 11.5. The van der Waals surface area contributed by atoms with Crippen LogP contribution in [0.1, 0.15) is 98.5 Å². The van der Waals surface area contributed by atoms with Gasteiger partial charge in [0.1, 0.15) is 23.9 Å². The molecule has 0 fully saturated rings. The molecule has 0 aliphatic carbocycles. The van der Waals surface area contributed by atoms with Crippen molar-refractivity contribution in [3.8, 4) is 0 Å². The Kier molecular flexibility index (Phi) is 53.7. The van der Waals surface area contributed by atoms with Crippen molar-refractivity contribution in [2.24, 2.45) is 17.2 Å². The third-order valence-electron chi connectivity index (χ3n) is 9.42. The Bertz CT molecular complexity index is 1570. The summed E-state index contributed by atoms with van der Waals surface area (Å²) in [6.07, 6.45) is 3.19. The van der Waals surface area contributed by atoms with E-state index in [9.17, 15) is 24.0 Å². The molecule has 1 aromatic carbocycles. The van der Waals surface area contributed by atoms with Crippen LogP contribution >= 0.6 is 0 Å². The number of carbonyl (C=O) groups is 5. The number of methoxy groups -OCH3 is 1. The Balaban J connectivity index is 0. The Labute approximate surface area is 470 Å². The van der Waals surface area contributed by atoms with E-state index in [1.165, 1.54) is 7.11 Å². The van der Waals surface area contributed by atoms with Crippen LogP contribution in [0.2, 0.25) is 0 Å². The second kappa shape index (κ2) is 55.4. The van der Waals surface area contributed by atoms with Crippen LogP contribution in [0.3, 0.4) is 0 Å². The molecule has 1 rings (SSSR count). The summed E-state index contributed by atoms with van der Waals surface area (Å²) in [5.41, 5.74) is 15.8. The van der Waals surface area contributed by atoms with Gasteiger partial charge in [-0.15, -0.1) is 0 Å². The van der Waals surface area contributed by atoms with Gasteiger partial charge in [0.15, 0.2) is 0 Å². The van der Waals surface area contributed by atoms with Crippen LogP contribution in [0.25, 0.3) is 0 Å². The molecule has 1 aromatic rings. The molecule has 4 amide bonds. The summed E-state index contributed by atoms with van der Waals surface area (Å²) in [6.45, 7) is 24.5. The Hall–Kier alpha value is -4.51. The van der Waals surface area contributed by atoms with Gasteiger partial charge in [-0.25, -0.2) is 19.2 Å². The van der Waals surface area contributed by atoms with E-state index in [0.29, 0.717) is 171 Å². The lowest BCUT2D eigenvalue weighted by Gasteiger charge is -2.19. The molecule has 0 bridgehead atoms. The first kappa shape index (κ1) is 76.6. The maximum absolute atomic E-state index is 12.1. The minimum atomic E-state index is -1.00. The average molecular weight is 1140 g/mol. The maximum Gasteiger partial charge on any atom is 0.408 e. The summed E-state index contributed by atoms with van der Waals surface area (Å²) in [4.78, 5) is 59.1. The summed E-state index contributed by atoms with van der Waals surface area (Å²) in [7, 11) is 1.21. The van der Waals surface area contributed by atoms with Crippen LogP contribution in [-0.2, 0) is 77.8 Å². The van der Waals surface area contributed by atoms with Crippen molar-refractivity contribution in [3.63, 3.8) is 0 Å². The van der Waals surface area contributed by atoms with Gasteiger partial charge in [0.2, 0.25) is 5.91 Å². The number of esters is 1. The van der Waals surface area contributed by atoms with E-state index < -0.39 is 41.5 Å². The maximum atomic E-state index is 12.1. The Morgan fingerprint density at radius 3 is 1.11 bits per heavy atom. The number of hydrogen-bond acceptors (Lipinski definition) is 21. The third kappa shape index (κ3) is 61.0. The molecular weight excluding hydrogens is 1030 g/mol. The van der Waals surface area contributed by atoms with Crippen molar-refractivity contribution in [1.82, 2.24) is 21.3 Å². The largest absolute Gasteiger partial charge is 0.467 e. The second-order valence-electron chi connectivity index (χ2n) is 19.0. The number of hydrogen-bond donors (Lipinski definition) is 7. The van der Waals surface area contributed by atoms with E-state index in [0.717, 1.165) is 31.2 Å².